The molecule has 0 amide bonds. The van der Waals surface area contributed by atoms with Crippen molar-refractivity contribution in [3.63, 3.8) is 0 Å². The van der Waals surface area contributed by atoms with Gasteiger partial charge in [0.2, 0.25) is 0 Å². The van der Waals surface area contributed by atoms with Crippen LogP contribution in [0.15, 0.2) is 18.2 Å². The zero-order valence-electron chi connectivity index (χ0n) is 13.5. The molecule has 0 radical (unpaired) electrons. The second-order valence-corrected chi connectivity index (χ2v) is 5.99. The first kappa shape index (κ1) is 18.3. The summed E-state index contributed by atoms with van der Waals surface area (Å²) in [5.41, 5.74) is 1.15. The van der Waals surface area contributed by atoms with Gasteiger partial charge >= 0.3 is 0 Å². The summed E-state index contributed by atoms with van der Waals surface area (Å²) in [6.45, 7) is 3.07. The van der Waals surface area contributed by atoms with Gasteiger partial charge in [0.05, 0.1) is 13.7 Å². The van der Waals surface area contributed by atoms with Gasteiger partial charge in [-0.05, 0) is 24.6 Å². The molecule has 0 aliphatic carbocycles. The summed E-state index contributed by atoms with van der Waals surface area (Å²) >= 11 is 3.50. The number of hydrogen-bond donors (Lipinski definition) is 0. The monoisotopic (exact) mass is 356 g/mol. The fourth-order valence-electron chi connectivity index (χ4n) is 2.35. The van der Waals surface area contributed by atoms with Crippen LogP contribution in [-0.4, -0.2) is 13.7 Å². The summed E-state index contributed by atoms with van der Waals surface area (Å²) < 4.78 is 11.1. The maximum Gasteiger partial charge on any atom is 0.123 e. The molecule has 0 aromatic heterocycles. The molecule has 1 aromatic carbocycles. The van der Waals surface area contributed by atoms with Crippen molar-refractivity contribution in [3.8, 4) is 11.5 Å². The molecule has 0 saturated heterocycles. The average molecular weight is 357 g/mol. The van der Waals surface area contributed by atoms with E-state index in [9.17, 15) is 0 Å². The van der Waals surface area contributed by atoms with E-state index < -0.39 is 0 Å². The van der Waals surface area contributed by atoms with Crippen LogP contribution in [0.2, 0.25) is 0 Å². The highest BCUT2D eigenvalue weighted by atomic mass is 79.9. The Morgan fingerprint density at radius 3 is 2.24 bits per heavy atom. The minimum absolute atomic E-state index is 0.789. The molecule has 1 rings (SSSR count). The van der Waals surface area contributed by atoms with Gasteiger partial charge in [0.25, 0.3) is 0 Å². The molecule has 21 heavy (non-hydrogen) atoms. The van der Waals surface area contributed by atoms with E-state index in [2.05, 4.69) is 22.9 Å². The lowest BCUT2D eigenvalue weighted by molar-refractivity contribution is 0.301. The van der Waals surface area contributed by atoms with E-state index in [-0.39, 0.29) is 0 Å². The van der Waals surface area contributed by atoms with Crippen LogP contribution in [0.5, 0.6) is 11.5 Å². The second-order valence-electron chi connectivity index (χ2n) is 5.43. The molecule has 0 heterocycles. The van der Waals surface area contributed by atoms with Crippen molar-refractivity contribution >= 4 is 15.9 Å². The lowest BCUT2D eigenvalue weighted by atomic mass is 10.1. The Hall–Kier alpha value is -0.700. The Morgan fingerprint density at radius 1 is 0.952 bits per heavy atom. The highest BCUT2D eigenvalue weighted by Gasteiger charge is 2.04. The summed E-state index contributed by atoms with van der Waals surface area (Å²) in [6, 6.07) is 5.98. The summed E-state index contributed by atoms with van der Waals surface area (Å²) in [6.07, 6.45) is 10.6. The van der Waals surface area contributed by atoms with Gasteiger partial charge in [-0.2, -0.15) is 0 Å². The van der Waals surface area contributed by atoms with Crippen LogP contribution in [0.4, 0.5) is 0 Å². The Labute approximate surface area is 138 Å². The third-order valence-corrected chi connectivity index (χ3v) is 4.27. The van der Waals surface area contributed by atoms with Crippen LogP contribution < -0.4 is 9.47 Å². The van der Waals surface area contributed by atoms with Crippen molar-refractivity contribution in [2.24, 2.45) is 0 Å². The molecule has 0 N–H and O–H groups in total. The highest BCUT2D eigenvalue weighted by Crippen LogP contribution is 2.26. The van der Waals surface area contributed by atoms with Gasteiger partial charge in [0.1, 0.15) is 11.5 Å². The lowest BCUT2D eigenvalue weighted by Crippen LogP contribution is -2.00. The molecule has 3 heteroatoms. The average Bonchev–Trinajstić information content (AvgIpc) is 2.53. The van der Waals surface area contributed by atoms with Crippen LogP contribution >= 0.6 is 15.9 Å². The number of alkyl halides is 1. The molecule has 0 unspecified atom stereocenters. The quantitative estimate of drug-likeness (QED) is 0.332. The molecule has 0 saturated carbocycles. The van der Waals surface area contributed by atoms with Crippen molar-refractivity contribution in [2.45, 2.75) is 63.6 Å². The molecule has 120 valence electrons. The van der Waals surface area contributed by atoms with Crippen LogP contribution in [0.25, 0.3) is 0 Å². The number of benzene rings is 1. The number of ether oxygens (including phenoxy) is 2. The van der Waals surface area contributed by atoms with Crippen molar-refractivity contribution in [1.29, 1.82) is 0 Å². The predicted octanol–water partition coefficient (Wildman–Crippen LogP) is 6.11. The fourth-order valence-corrected chi connectivity index (χ4v) is 2.78. The molecule has 2 nitrogen and oxygen atoms in total. The van der Waals surface area contributed by atoms with E-state index in [1.807, 2.05) is 18.2 Å². The standard InChI is InChI=1S/C18H29BrO2/c1-3-4-5-6-7-8-9-10-13-21-18-12-11-17(20-2)14-16(18)15-19/h11-12,14H,3-10,13,15H2,1-2H3. The fraction of sp³-hybridized carbons (Fsp3) is 0.667. The number of unbranched alkanes of at least 4 members (excludes halogenated alkanes) is 7. The van der Waals surface area contributed by atoms with Crippen LogP contribution in [0.3, 0.4) is 0 Å². The molecule has 0 fully saturated rings. The van der Waals surface area contributed by atoms with E-state index in [1.165, 1.54) is 44.9 Å². The SMILES string of the molecule is CCCCCCCCCCOc1ccc(OC)cc1CBr. The van der Waals surface area contributed by atoms with Crippen molar-refractivity contribution < 1.29 is 9.47 Å². The van der Waals surface area contributed by atoms with Gasteiger partial charge in [-0.25, -0.2) is 0 Å². The maximum atomic E-state index is 5.89. The summed E-state index contributed by atoms with van der Waals surface area (Å²) in [7, 11) is 1.69. The number of rotatable bonds is 12. The molecule has 1 aromatic rings. The normalized spacial score (nSPS) is 10.6. The second kappa shape index (κ2) is 11.9. The predicted molar refractivity (Wildman–Crippen MR) is 93.7 cm³/mol. The van der Waals surface area contributed by atoms with E-state index in [1.54, 1.807) is 7.11 Å². The van der Waals surface area contributed by atoms with Gasteiger partial charge in [0.15, 0.2) is 0 Å². The summed E-state index contributed by atoms with van der Waals surface area (Å²) in [4.78, 5) is 0. The smallest absolute Gasteiger partial charge is 0.123 e. The Balaban J connectivity index is 2.15. The molecular formula is C18H29BrO2. The molecular weight excluding hydrogens is 328 g/mol. The summed E-state index contributed by atoms with van der Waals surface area (Å²) in [5.74, 6) is 1.85. The van der Waals surface area contributed by atoms with Crippen LogP contribution in [-0.2, 0) is 5.33 Å². The maximum absolute atomic E-state index is 5.89. The van der Waals surface area contributed by atoms with Gasteiger partial charge in [-0.1, -0.05) is 67.8 Å². The number of halogens is 1. The number of methoxy groups -OCH3 is 1. The highest BCUT2D eigenvalue weighted by molar-refractivity contribution is 9.08. The van der Waals surface area contributed by atoms with Gasteiger partial charge < -0.3 is 9.47 Å². The molecule has 0 spiro atoms. The first-order valence-corrected chi connectivity index (χ1v) is 9.29. The largest absolute Gasteiger partial charge is 0.497 e. The molecule has 0 bridgehead atoms. The Morgan fingerprint density at radius 2 is 1.62 bits per heavy atom. The Bertz CT molecular complexity index is 379. The molecule has 0 atom stereocenters. The first-order valence-electron chi connectivity index (χ1n) is 8.17. The lowest BCUT2D eigenvalue weighted by Gasteiger charge is -2.11. The molecule has 0 aliphatic rings. The topological polar surface area (TPSA) is 18.5 Å². The van der Waals surface area contributed by atoms with Crippen LogP contribution in [0, 0.1) is 0 Å². The van der Waals surface area contributed by atoms with E-state index in [0.29, 0.717) is 0 Å². The van der Waals surface area contributed by atoms with Gasteiger partial charge in [-0.3, -0.25) is 0 Å². The van der Waals surface area contributed by atoms with E-state index in [0.717, 1.165) is 35.4 Å². The minimum Gasteiger partial charge on any atom is -0.497 e. The molecule has 0 aliphatic heterocycles. The van der Waals surface area contributed by atoms with Gasteiger partial charge in [0, 0.05) is 10.9 Å². The minimum atomic E-state index is 0.789. The first-order chi connectivity index (χ1) is 10.3. The van der Waals surface area contributed by atoms with E-state index >= 15 is 0 Å². The number of hydrogen-bond acceptors (Lipinski definition) is 2. The zero-order valence-corrected chi connectivity index (χ0v) is 15.1. The van der Waals surface area contributed by atoms with Crippen LogP contribution in [0.1, 0.15) is 63.9 Å². The third kappa shape index (κ3) is 7.75. The van der Waals surface area contributed by atoms with Crippen molar-refractivity contribution in [2.75, 3.05) is 13.7 Å². The van der Waals surface area contributed by atoms with E-state index in [4.69, 9.17) is 9.47 Å². The zero-order chi connectivity index (χ0) is 15.3. The van der Waals surface area contributed by atoms with Crippen molar-refractivity contribution in [1.82, 2.24) is 0 Å². The van der Waals surface area contributed by atoms with Crippen molar-refractivity contribution in [3.05, 3.63) is 23.8 Å². The Kier molecular flexibility index (Phi) is 10.4. The third-order valence-electron chi connectivity index (χ3n) is 3.67. The van der Waals surface area contributed by atoms with Gasteiger partial charge in [-0.15, -0.1) is 0 Å². The summed E-state index contributed by atoms with van der Waals surface area (Å²) in [5, 5.41) is 0.789.